The van der Waals surface area contributed by atoms with E-state index in [-0.39, 0.29) is 31.0 Å². The number of benzene rings is 1. The summed E-state index contributed by atoms with van der Waals surface area (Å²) in [5.74, 6) is -2.97. The summed E-state index contributed by atoms with van der Waals surface area (Å²) < 4.78 is 10.8. The maximum absolute atomic E-state index is 13.2. The van der Waals surface area contributed by atoms with Gasteiger partial charge in [0.2, 0.25) is 5.75 Å². The molecule has 0 saturated carbocycles. The van der Waals surface area contributed by atoms with Crippen LogP contribution in [0.3, 0.4) is 0 Å². The number of carbonyl (C=O) groups is 4. The summed E-state index contributed by atoms with van der Waals surface area (Å²) >= 11 is 0. The first-order valence-electron chi connectivity index (χ1n) is 9.96. The predicted molar refractivity (Wildman–Crippen MR) is 114 cm³/mol. The second-order valence-electron chi connectivity index (χ2n) is 7.64. The highest BCUT2D eigenvalue weighted by Crippen LogP contribution is 2.32. The monoisotopic (exact) mass is 474 g/mol. The normalized spacial score (nSPS) is 17.7. The van der Waals surface area contributed by atoms with E-state index in [9.17, 15) is 34.2 Å². The van der Waals surface area contributed by atoms with Crippen LogP contribution in [-0.4, -0.2) is 80.4 Å². The fraction of sp³-hybridized carbons (Fsp3) is 0.333. The lowest BCUT2D eigenvalue weighted by Crippen LogP contribution is -2.62. The van der Waals surface area contributed by atoms with E-state index in [1.165, 1.54) is 26.1 Å². The van der Waals surface area contributed by atoms with Crippen molar-refractivity contribution in [2.45, 2.75) is 12.5 Å². The number of piperazine rings is 1. The molecule has 0 radical (unpaired) electrons. The molecule has 1 saturated heterocycles. The standard InChI is InChI=1S/C21H22N4O9/c1-21(11-24(19(29)30)9-10-25(21)20(31)32)18-22-13(17(28)33-3)14(15(26)23(18)2)34-16(27)12-7-5-4-6-8-12/h4-8H,9-11H2,1-3H3,(H,29,30)(H,31,32). The largest absolute Gasteiger partial charge is 0.465 e. The smallest absolute Gasteiger partial charge is 0.408 e. The lowest BCUT2D eigenvalue weighted by molar-refractivity contribution is 0.00998. The number of hydrogen-bond acceptors (Lipinski definition) is 8. The zero-order valence-electron chi connectivity index (χ0n) is 18.5. The van der Waals surface area contributed by atoms with Gasteiger partial charge >= 0.3 is 24.1 Å². The van der Waals surface area contributed by atoms with E-state index in [1.807, 2.05) is 0 Å². The Morgan fingerprint density at radius 3 is 2.24 bits per heavy atom. The van der Waals surface area contributed by atoms with Crippen LogP contribution in [0.2, 0.25) is 0 Å². The molecule has 34 heavy (non-hydrogen) atoms. The first-order valence-corrected chi connectivity index (χ1v) is 9.96. The molecular weight excluding hydrogens is 452 g/mol. The van der Waals surface area contributed by atoms with Crippen LogP contribution in [-0.2, 0) is 17.3 Å². The van der Waals surface area contributed by atoms with Crippen molar-refractivity contribution in [3.63, 3.8) is 0 Å². The van der Waals surface area contributed by atoms with Crippen molar-refractivity contribution >= 4 is 24.1 Å². The van der Waals surface area contributed by atoms with Crippen molar-refractivity contribution in [1.82, 2.24) is 19.4 Å². The van der Waals surface area contributed by atoms with Gasteiger partial charge in [0.15, 0.2) is 5.69 Å². The zero-order valence-corrected chi connectivity index (χ0v) is 18.5. The van der Waals surface area contributed by atoms with Crippen LogP contribution in [0.1, 0.15) is 33.6 Å². The van der Waals surface area contributed by atoms with E-state index < -0.39 is 46.7 Å². The maximum atomic E-state index is 13.2. The molecule has 1 atom stereocenters. The Kier molecular flexibility index (Phi) is 6.56. The first-order chi connectivity index (χ1) is 16.0. The molecular formula is C21H22N4O9. The molecule has 2 amide bonds. The Balaban J connectivity index is 2.19. The number of esters is 2. The molecule has 3 rings (SSSR count). The molecule has 2 N–H and O–H groups in total. The van der Waals surface area contributed by atoms with Crippen molar-refractivity contribution in [1.29, 1.82) is 0 Å². The van der Waals surface area contributed by atoms with Crippen molar-refractivity contribution < 1.29 is 38.9 Å². The molecule has 1 fully saturated rings. The van der Waals surface area contributed by atoms with Gasteiger partial charge < -0.3 is 24.6 Å². The van der Waals surface area contributed by atoms with Crippen molar-refractivity contribution in [3.05, 3.63) is 57.8 Å². The lowest BCUT2D eigenvalue weighted by Gasteiger charge is -2.46. The molecule has 2 heterocycles. The summed E-state index contributed by atoms with van der Waals surface area (Å²) in [7, 11) is 2.28. The molecule has 13 heteroatoms. The van der Waals surface area contributed by atoms with Gasteiger partial charge in [0, 0.05) is 20.1 Å². The number of ether oxygens (including phenoxy) is 2. The summed E-state index contributed by atoms with van der Waals surface area (Å²) in [4.78, 5) is 67.8. The third-order valence-corrected chi connectivity index (χ3v) is 5.50. The van der Waals surface area contributed by atoms with Gasteiger partial charge in [0.25, 0.3) is 5.56 Å². The van der Waals surface area contributed by atoms with Crippen LogP contribution in [0.25, 0.3) is 0 Å². The Hall–Kier alpha value is -4.42. The molecule has 1 aliphatic heterocycles. The van der Waals surface area contributed by atoms with Gasteiger partial charge in [0.05, 0.1) is 19.2 Å². The molecule has 0 aliphatic carbocycles. The van der Waals surface area contributed by atoms with Crippen LogP contribution < -0.4 is 10.3 Å². The lowest BCUT2D eigenvalue weighted by atomic mass is 9.94. The van der Waals surface area contributed by atoms with Crippen LogP contribution >= 0.6 is 0 Å². The van der Waals surface area contributed by atoms with Gasteiger partial charge in [-0.15, -0.1) is 0 Å². The number of amides is 2. The summed E-state index contributed by atoms with van der Waals surface area (Å²) in [6.45, 7) is 0.724. The fourth-order valence-corrected chi connectivity index (χ4v) is 3.78. The van der Waals surface area contributed by atoms with Crippen molar-refractivity contribution in [3.8, 4) is 5.75 Å². The molecule has 0 bridgehead atoms. The minimum atomic E-state index is -1.65. The Labute approximate surface area is 192 Å². The van der Waals surface area contributed by atoms with Crippen LogP contribution in [0.5, 0.6) is 5.75 Å². The SMILES string of the molecule is COC(=O)c1nc(C2(C)CN(C(=O)O)CCN2C(=O)O)n(C)c(=O)c1OC(=O)c1ccccc1. The second-order valence-corrected chi connectivity index (χ2v) is 7.64. The number of aromatic nitrogens is 2. The number of carbonyl (C=O) groups excluding carboxylic acids is 2. The summed E-state index contributed by atoms with van der Waals surface area (Å²) in [5, 5.41) is 19.2. The molecule has 13 nitrogen and oxygen atoms in total. The highest BCUT2D eigenvalue weighted by Gasteiger charge is 2.47. The Morgan fingerprint density at radius 2 is 1.68 bits per heavy atom. The predicted octanol–water partition coefficient (Wildman–Crippen LogP) is 0.975. The maximum Gasteiger partial charge on any atom is 0.408 e. The number of methoxy groups -OCH3 is 1. The summed E-state index contributed by atoms with van der Waals surface area (Å²) in [6.07, 6.45) is -2.66. The third-order valence-electron chi connectivity index (χ3n) is 5.50. The number of rotatable bonds is 4. The molecule has 2 aromatic rings. The third kappa shape index (κ3) is 4.27. The van der Waals surface area contributed by atoms with Crippen LogP contribution in [0, 0.1) is 0 Å². The minimum Gasteiger partial charge on any atom is -0.465 e. The Morgan fingerprint density at radius 1 is 1.03 bits per heavy atom. The second kappa shape index (κ2) is 9.21. The van der Waals surface area contributed by atoms with E-state index in [0.717, 1.165) is 21.5 Å². The molecule has 1 unspecified atom stereocenters. The minimum absolute atomic E-state index is 0.0954. The van der Waals surface area contributed by atoms with Crippen molar-refractivity contribution in [2.24, 2.45) is 7.05 Å². The molecule has 180 valence electrons. The van der Waals surface area contributed by atoms with Gasteiger partial charge in [-0.1, -0.05) is 18.2 Å². The molecule has 1 aromatic heterocycles. The average molecular weight is 474 g/mol. The topological polar surface area (TPSA) is 169 Å². The number of nitrogens with zero attached hydrogens (tertiary/aromatic N) is 4. The molecule has 1 aliphatic rings. The van der Waals surface area contributed by atoms with Crippen LogP contribution in [0.4, 0.5) is 9.59 Å². The van der Waals surface area contributed by atoms with E-state index in [2.05, 4.69) is 4.98 Å². The van der Waals surface area contributed by atoms with Gasteiger partial charge in [-0.2, -0.15) is 0 Å². The summed E-state index contributed by atoms with van der Waals surface area (Å²) in [6, 6.07) is 7.72. The highest BCUT2D eigenvalue weighted by molar-refractivity contribution is 5.94. The van der Waals surface area contributed by atoms with Gasteiger partial charge in [-0.05, 0) is 19.1 Å². The van der Waals surface area contributed by atoms with Gasteiger partial charge in [-0.25, -0.2) is 24.2 Å². The quantitative estimate of drug-likeness (QED) is 0.609. The zero-order chi connectivity index (χ0) is 25.2. The number of hydrogen-bond donors (Lipinski definition) is 2. The van der Waals surface area contributed by atoms with E-state index in [1.54, 1.807) is 18.2 Å². The highest BCUT2D eigenvalue weighted by atomic mass is 16.5. The first kappa shape index (κ1) is 24.2. The van der Waals surface area contributed by atoms with E-state index >= 15 is 0 Å². The van der Waals surface area contributed by atoms with Gasteiger partial charge in [0.1, 0.15) is 11.4 Å². The van der Waals surface area contributed by atoms with Crippen molar-refractivity contribution in [2.75, 3.05) is 26.7 Å². The molecule has 0 spiro atoms. The summed E-state index contributed by atoms with van der Waals surface area (Å²) in [5.41, 5.74) is -3.16. The van der Waals surface area contributed by atoms with Gasteiger partial charge in [-0.3, -0.25) is 14.3 Å². The van der Waals surface area contributed by atoms with E-state index in [0.29, 0.717) is 0 Å². The number of carboxylic acid groups (broad SMARTS) is 2. The van der Waals surface area contributed by atoms with Crippen LogP contribution in [0.15, 0.2) is 35.1 Å². The average Bonchev–Trinajstić information content (AvgIpc) is 2.81. The van der Waals surface area contributed by atoms with E-state index in [4.69, 9.17) is 9.47 Å². The Bertz CT molecular complexity index is 1210. The molecule has 1 aromatic carbocycles. The fourth-order valence-electron chi connectivity index (χ4n) is 3.78.